The number of rotatable bonds is 5. The molecule has 0 saturated heterocycles. The zero-order chi connectivity index (χ0) is 18.4. The summed E-state index contributed by atoms with van der Waals surface area (Å²) in [5.74, 6) is -1.90. The maximum Gasteiger partial charge on any atom is 0.288 e. The molecule has 10 heteroatoms. The van der Waals surface area contributed by atoms with Crippen molar-refractivity contribution in [2.75, 3.05) is 10.0 Å². The molecule has 1 aliphatic carbocycles. The van der Waals surface area contributed by atoms with Gasteiger partial charge in [-0.15, -0.1) is 0 Å². The molecule has 1 aromatic carbocycles. The van der Waals surface area contributed by atoms with E-state index in [1.165, 1.54) is 19.2 Å². The van der Waals surface area contributed by atoms with Crippen molar-refractivity contribution in [2.45, 2.75) is 18.1 Å². The highest BCUT2D eigenvalue weighted by Gasteiger charge is 2.36. The molecule has 2 N–H and O–H groups in total. The van der Waals surface area contributed by atoms with Gasteiger partial charge in [0.25, 0.3) is 5.56 Å². The van der Waals surface area contributed by atoms with Gasteiger partial charge in [0, 0.05) is 17.7 Å². The Morgan fingerprint density at radius 1 is 1.24 bits per heavy atom. The van der Waals surface area contributed by atoms with E-state index in [0.717, 1.165) is 16.8 Å². The Bertz CT molecular complexity index is 1000. The zero-order valence-corrected chi connectivity index (χ0v) is 15.4. The van der Waals surface area contributed by atoms with E-state index in [0.29, 0.717) is 17.3 Å². The molecule has 2 aromatic rings. The van der Waals surface area contributed by atoms with Gasteiger partial charge in [0.1, 0.15) is 11.5 Å². The van der Waals surface area contributed by atoms with Crippen molar-refractivity contribution < 1.29 is 17.2 Å². The second kappa shape index (κ2) is 6.41. The van der Waals surface area contributed by atoms with Gasteiger partial charge in [0.05, 0.1) is 16.6 Å². The van der Waals surface area contributed by atoms with Gasteiger partial charge < -0.3 is 9.88 Å². The molecule has 0 amide bonds. The number of pyridine rings is 1. The highest BCUT2D eigenvalue weighted by molar-refractivity contribution is 9.10. The topological polar surface area (TPSA) is 80.2 Å². The predicted molar refractivity (Wildman–Crippen MR) is 94.6 cm³/mol. The van der Waals surface area contributed by atoms with Gasteiger partial charge in [-0.3, -0.25) is 9.52 Å². The summed E-state index contributed by atoms with van der Waals surface area (Å²) < 4.78 is 56.5. The van der Waals surface area contributed by atoms with E-state index < -0.39 is 38.2 Å². The molecular formula is C15H14BrF2N3O3S. The lowest BCUT2D eigenvalue weighted by Gasteiger charge is -2.16. The molecule has 0 radical (unpaired) electrons. The predicted octanol–water partition coefficient (Wildman–Crippen LogP) is 3.07. The lowest BCUT2D eigenvalue weighted by Crippen LogP contribution is -2.25. The first kappa shape index (κ1) is 17.9. The summed E-state index contributed by atoms with van der Waals surface area (Å²) in [4.78, 5) is 11.9. The molecule has 134 valence electrons. The average Bonchev–Trinajstić information content (AvgIpc) is 3.36. The number of sulfonamides is 1. The molecule has 1 aliphatic rings. The third-order valence-corrected chi connectivity index (χ3v) is 6.07. The van der Waals surface area contributed by atoms with Crippen molar-refractivity contribution in [1.82, 2.24) is 4.57 Å². The number of nitrogens with one attached hydrogen (secondary N) is 2. The number of anilines is 3. The molecule has 1 aromatic heterocycles. The highest BCUT2D eigenvalue weighted by Crippen LogP contribution is 2.34. The van der Waals surface area contributed by atoms with Crippen LogP contribution < -0.4 is 15.6 Å². The number of nitrogens with zero attached hydrogens (tertiary/aromatic N) is 1. The Hall–Kier alpha value is -1.94. The Morgan fingerprint density at radius 3 is 2.52 bits per heavy atom. The third kappa shape index (κ3) is 3.69. The second-order valence-electron chi connectivity index (χ2n) is 5.74. The summed E-state index contributed by atoms with van der Waals surface area (Å²) in [7, 11) is -2.40. The molecule has 3 rings (SSSR count). The van der Waals surface area contributed by atoms with Crippen LogP contribution in [-0.4, -0.2) is 18.2 Å². The van der Waals surface area contributed by atoms with Crippen LogP contribution in [-0.2, 0) is 17.1 Å². The van der Waals surface area contributed by atoms with Gasteiger partial charge >= 0.3 is 0 Å². The van der Waals surface area contributed by atoms with Crippen LogP contribution >= 0.6 is 15.9 Å². The Kier molecular flexibility index (Phi) is 4.58. The monoisotopic (exact) mass is 433 g/mol. The molecule has 6 nitrogen and oxygen atoms in total. The van der Waals surface area contributed by atoms with E-state index in [2.05, 4.69) is 26.0 Å². The Balaban J connectivity index is 2.07. The first-order valence-electron chi connectivity index (χ1n) is 7.32. The van der Waals surface area contributed by atoms with Crippen LogP contribution in [0.3, 0.4) is 0 Å². The first-order valence-corrected chi connectivity index (χ1v) is 9.66. The van der Waals surface area contributed by atoms with E-state index in [-0.39, 0.29) is 11.4 Å². The molecule has 0 atom stereocenters. The van der Waals surface area contributed by atoms with Crippen molar-refractivity contribution >= 4 is 43.0 Å². The molecule has 1 saturated carbocycles. The van der Waals surface area contributed by atoms with Crippen LogP contribution in [0, 0.1) is 11.6 Å². The first-order chi connectivity index (χ1) is 11.7. The van der Waals surface area contributed by atoms with Gasteiger partial charge in [-0.1, -0.05) is 15.9 Å². The minimum atomic E-state index is -3.69. The van der Waals surface area contributed by atoms with Gasteiger partial charge in [-0.2, -0.15) is 4.39 Å². The number of aryl methyl sites for hydroxylation is 1. The molecular weight excluding hydrogens is 420 g/mol. The number of hydrogen-bond donors (Lipinski definition) is 2. The lowest BCUT2D eigenvalue weighted by atomic mass is 10.2. The van der Waals surface area contributed by atoms with Crippen LogP contribution in [0.25, 0.3) is 0 Å². The fourth-order valence-electron chi connectivity index (χ4n) is 2.24. The van der Waals surface area contributed by atoms with Gasteiger partial charge in [-0.25, -0.2) is 12.8 Å². The number of aromatic nitrogens is 1. The quantitative estimate of drug-likeness (QED) is 0.758. The molecule has 1 fully saturated rings. The minimum absolute atomic E-state index is 0.0952. The van der Waals surface area contributed by atoms with Crippen molar-refractivity contribution in [1.29, 1.82) is 0 Å². The summed E-state index contributed by atoms with van der Waals surface area (Å²) in [5, 5.41) is 1.94. The van der Waals surface area contributed by atoms with Crippen molar-refractivity contribution in [2.24, 2.45) is 7.05 Å². The van der Waals surface area contributed by atoms with Gasteiger partial charge in [0.15, 0.2) is 0 Å². The summed E-state index contributed by atoms with van der Waals surface area (Å²) in [5.41, 5.74) is -1.64. The maximum absolute atomic E-state index is 14.4. The van der Waals surface area contributed by atoms with E-state index in [9.17, 15) is 22.0 Å². The Morgan fingerprint density at radius 2 is 1.92 bits per heavy atom. The zero-order valence-electron chi connectivity index (χ0n) is 13.0. The van der Waals surface area contributed by atoms with E-state index in [1.807, 2.05) is 0 Å². The summed E-state index contributed by atoms with van der Waals surface area (Å²) in [6, 6.07) is 4.03. The van der Waals surface area contributed by atoms with E-state index in [1.54, 1.807) is 0 Å². The van der Waals surface area contributed by atoms with Crippen LogP contribution in [0.15, 0.2) is 33.7 Å². The molecule has 0 unspecified atom stereocenters. The average molecular weight is 434 g/mol. The SMILES string of the molecule is Cn1cc(NS(=O)(=O)C2CC2)c(Nc2ccc(Br)cc2F)c(F)c1=O. The normalized spacial score (nSPS) is 14.4. The van der Waals surface area contributed by atoms with Gasteiger partial charge in [-0.05, 0) is 31.0 Å². The molecule has 1 heterocycles. The van der Waals surface area contributed by atoms with Gasteiger partial charge in [0.2, 0.25) is 15.8 Å². The smallest absolute Gasteiger partial charge is 0.288 e. The third-order valence-electron chi connectivity index (χ3n) is 3.73. The van der Waals surface area contributed by atoms with Crippen molar-refractivity contribution in [3.05, 3.63) is 50.9 Å². The van der Waals surface area contributed by atoms with Crippen LogP contribution in [0.1, 0.15) is 12.8 Å². The number of benzene rings is 1. The standard InChI is InChI=1S/C15H14BrF2N3O3S/c1-21-7-12(20-25(23,24)9-3-4-9)14(13(18)15(21)22)19-11-5-2-8(16)6-10(11)17/h2,5-7,9,19-20H,3-4H2,1H3. The van der Waals surface area contributed by atoms with Crippen LogP contribution in [0.5, 0.6) is 0 Å². The number of halogens is 3. The molecule has 25 heavy (non-hydrogen) atoms. The largest absolute Gasteiger partial charge is 0.349 e. The Labute approximate surface area is 151 Å². The van der Waals surface area contributed by atoms with Crippen molar-refractivity contribution in [3.63, 3.8) is 0 Å². The highest BCUT2D eigenvalue weighted by atomic mass is 79.9. The minimum Gasteiger partial charge on any atom is -0.349 e. The lowest BCUT2D eigenvalue weighted by molar-refractivity contribution is 0.593. The second-order valence-corrected chi connectivity index (χ2v) is 8.62. The fraction of sp³-hybridized carbons (Fsp3) is 0.267. The van der Waals surface area contributed by atoms with E-state index >= 15 is 0 Å². The van der Waals surface area contributed by atoms with Crippen LogP contribution in [0.4, 0.5) is 25.8 Å². The molecule has 0 bridgehead atoms. The molecule has 0 aliphatic heterocycles. The summed E-state index contributed by atoms with van der Waals surface area (Å²) in [6.07, 6.45) is 2.20. The van der Waals surface area contributed by atoms with Crippen molar-refractivity contribution in [3.8, 4) is 0 Å². The molecule has 0 spiro atoms. The number of hydrogen-bond acceptors (Lipinski definition) is 4. The maximum atomic E-state index is 14.4. The fourth-order valence-corrected chi connectivity index (χ4v) is 3.95. The summed E-state index contributed by atoms with van der Waals surface area (Å²) >= 11 is 3.11. The van der Waals surface area contributed by atoms with E-state index in [4.69, 9.17) is 0 Å². The van der Waals surface area contributed by atoms with Crippen LogP contribution in [0.2, 0.25) is 0 Å². The summed E-state index contributed by atoms with van der Waals surface area (Å²) in [6.45, 7) is 0.